The van der Waals surface area contributed by atoms with Crippen molar-refractivity contribution < 1.29 is 4.79 Å². The van der Waals surface area contributed by atoms with Gasteiger partial charge in [-0.25, -0.2) is 0 Å². The Kier molecular flexibility index (Phi) is 6.79. The highest BCUT2D eigenvalue weighted by atomic mass is 127. The number of nitrogens with one attached hydrogen (secondary N) is 1. The van der Waals surface area contributed by atoms with Crippen LogP contribution in [0.2, 0.25) is 0 Å². The van der Waals surface area contributed by atoms with Gasteiger partial charge >= 0.3 is 0 Å². The molecule has 0 unspecified atom stereocenters. The van der Waals surface area contributed by atoms with Gasteiger partial charge in [0.25, 0.3) is 5.91 Å². The fourth-order valence-electron chi connectivity index (χ4n) is 2.11. The molecule has 0 atom stereocenters. The van der Waals surface area contributed by atoms with Crippen LogP contribution in [0.25, 0.3) is 0 Å². The van der Waals surface area contributed by atoms with Crippen LogP contribution in [0.15, 0.2) is 24.3 Å². The fraction of sp³-hybridized carbons (Fsp3) is 0.533. The zero-order valence-corrected chi connectivity index (χ0v) is 14.3. The summed E-state index contributed by atoms with van der Waals surface area (Å²) in [5, 5.41) is 2.98. The van der Waals surface area contributed by atoms with Gasteiger partial charge in [-0.2, -0.15) is 0 Å². The molecule has 1 aromatic carbocycles. The van der Waals surface area contributed by atoms with Crippen LogP contribution in [0.4, 0.5) is 0 Å². The monoisotopic (exact) mass is 374 g/mol. The number of nitrogens with zero attached hydrogens (tertiary/aromatic N) is 1. The molecule has 19 heavy (non-hydrogen) atoms. The van der Waals surface area contributed by atoms with Crippen molar-refractivity contribution in [1.29, 1.82) is 0 Å². The highest BCUT2D eigenvalue weighted by Crippen LogP contribution is 2.07. The zero-order valence-electron chi connectivity index (χ0n) is 12.1. The molecule has 3 nitrogen and oxygen atoms in total. The van der Waals surface area contributed by atoms with Gasteiger partial charge in [0.1, 0.15) is 0 Å². The molecule has 1 rings (SSSR count). The molecule has 1 amide bonds. The van der Waals surface area contributed by atoms with Gasteiger partial charge in [0.2, 0.25) is 0 Å². The van der Waals surface area contributed by atoms with E-state index in [1.54, 1.807) is 0 Å². The maximum Gasteiger partial charge on any atom is 0.251 e. The normalized spacial score (nSPS) is 11.4. The third-order valence-corrected chi connectivity index (χ3v) is 3.81. The van der Waals surface area contributed by atoms with Crippen LogP contribution in [0.5, 0.6) is 0 Å². The Bertz CT molecular complexity index is 393. The number of benzene rings is 1. The summed E-state index contributed by atoms with van der Waals surface area (Å²) in [6.45, 7) is 10.3. The Morgan fingerprint density at radius 1 is 1.16 bits per heavy atom. The maximum absolute atomic E-state index is 11.9. The van der Waals surface area contributed by atoms with Gasteiger partial charge < -0.3 is 5.32 Å². The van der Waals surface area contributed by atoms with Crippen LogP contribution >= 0.6 is 22.6 Å². The average Bonchev–Trinajstić information content (AvgIpc) is 2.34. The lowest BCUT2D eigenvalue weighted by Gasteiger charge is -2.30. The largest absolute Gasteiger partial charge is 0.351 e. The smallest absolute Gasteiger partial charge is 0.251 e. The summed E-state index contributed by atoms with van der Waals surface area (Å²) in [5.74, 6) is 0.00358. The lowest BCUT2D eigenvalue weighted by atomic mass is 10.2. The Morgan fingerprint density at radius 2 is 1.68 bits per heavy atom. The van der Waals surface area contributed by atoms with E-state index >= 15 is 0 Å². The van der Waals surface area contributed by atoms with E-state index in [1.807, 2.05) is 24.3 Å². The zero-order chi connectivity index (χ0) is 14.4. The van der Waals surface area contributed by atoms with E-state index in [-0.39, 0.29) is 5.91 Å². The number of hydrogen-bond acceptors (Lipinski definition) is 2. The molecular weight excluding hydrogens is 351 g/mol. The van der Waals surface area contributed by atoms with Gasteiger partial charge in [0.05, 0.1) is 0 Å². The van der Waals surface area contributed by atoms with Crippen molar-refractivity contribution in [3.63, 3.8) is 0 Å². The van der Waals surface area contributed by atoms with Crippen molar-refractivity contribution in [3.8, 4) is 0 Å². The number of carbonyl (C=O) groups excluding carboxylic acids is 1. The van der Waals surface area contributed by atoms with Crippen molar-refractivity contribution in [3.05, 3.63) is 33.4 Å². The van der Waals surface area contributed by atoms with Gasteiger partial charge in [-0.15, -0.1) is 0 Å². The van der Waals surface area contributed by atoms with Crippen LogP contribution < -0.4 is 5.32 Å². The molecule has 0 bridgehead atoms. The highest BCUT2D eigenvalue weighted by Gasteiger charge is 2.13. The lowest BCUT2D eigenvalue weighted by Crippen LogP contribution is -2.42. The molecule has 0 saturated heterocycles. The molecule has 1 N–H and O–H groups in total. The maximum atomic E-state index is 11.9. The van der Waals surface area contributed by atoms with Crippen molar-refractivity contribution in [2.45, 2.75) is 39.8 Å². The summed E-state index contributed by atoms with van der Waals surface area (Å²) in [7, 11) is 0. The number of halogens is 1. The number of rotatable bonds is 6. The molecule has 0 fully saturated rings. The molecule has 1 aromatic rings. The van der Waals surface area contributed by atoms with E-state index in [4.69, 9.17) is 0 Å². The van der Waals surface area contributed by atoms with E-state index in [9.17, 15) is 4.79 Å². The summed E-state index contributed by atoms with van der Waals surface area (Å²) in [6, 6.07) is 8.61. The minimum absolute atomic E-state index is 0.00358. The minimum Gasteiger partial charge on any atom is -0.351 e. The van der Waals surface area contributed by atoms with Crippen LogP contribution in [-0.2, 0) is 0 Å². The Hall–Kier alpha value is -0.620. The Balaban J connectivity index is 2.44. The summed E-state index contributed by atoms with van der Waals surface area (Å²) >= 11 is 2.23. The molecule has 0 saturated carbocycles. The fourth-order valence-corrected chi connectivity index (χ4v) is 2.47. The quantitative estimate of drug-likeness (QED) is 0.776. The molecule has 0 aliphatic rings. The van der Waals surface area contributed by atoms with Crippen molar-refractivity contribution in [2.24, 2.45) is 0 Å². The first kappa shape index (κ1) is 16.4. The standard InChI is InChI=1S/C15H23IN2O/c1-11(2)18(12(3)4)10-9-17-15(19)13-5-7-14(16)8-6-13/h5-8,11-12H,9-10H2,1-4H3,(H,17,19). The molecule has 0 aromatic heterocycles. The SMILES string of the molecule is CC(C)N(CCNC(=O)c1ccc(I)cc1)C(C)C. The van der Waals surface area contributed by atoms with Crippen LogP contribution in [0.1, 0.15) is 38.1 Å². The molecule has 0 aliphatic carbocycles. The first-order chi connectivity index (χ1) is 8.91. The second-order valence-electron chi connectivity index (χ2n) is 5.19. The molecule has 4 heteroatoms. The third-order valence-electron chi connectivity index (χ3n) is 3.09. The first-order valence-electron chi connectivity index (χ1n) is 6.71. The van der Waals surface area contributed by atoms with Gasteiger partial charge in [-0.1, -0.05) is 0 Å². The van der Waals surface area contributed by atoms with E-state index < -0.39 is 0 Å². The predicted octanol–water partition coefficient (Wildman–Crippen LogP) is 3.14. The molecule has 0 spiro atoms. The number of amides is 1. The van der Waals surface area contributed by atoms with Crippen LogP contribution in [0.3, 0.4) is 0 Å². The molecule has 0 heterocycles. The summed E-state index contributed by atoms with van der Waals surface area (Å²) in [6.07, 6.45) is 0. The van der Waals surface area contributed by atoms with Crippen molar-refractivity contribution in [1.82, 2.24) is 10.2 Å². The van der Waals surface area contributed by atoms with E-state index in [0.717, 1.165) is 15.7 Å². The molecule has 0 aliphatic heterocycles. The van der Waals surface area contributed by atoms with Crippen LogP contribution in [0, 0.1) is 3.57 Å². The van der Waals surface area contributed by atoms with Gasteiger partial charge in [0.15, 0.2) is 0 Å². The topological polar surface area (TPSA) is 32.3 Å². The second kappa shape index (κ2) is 7.85. The third kappa shape index (κ3) is 5.48. The first-order valence-corrected chi connectivity index (χ1v) is 7.79. The van der Waals surface area contributed by atoms with Crippen molar-refractivity contribution >= 4 is 28.5 Å². The summed E-state index contributed by atoms with van der Waals surface area (Å²) in [4.78, 5) is 14.3. The highest BCUT2D eigenvalue weighted by molar-refractivity contribution is 14.1. The Morgan fingerprint density at radius 3 is 2.16 bits per heavy atom. The van der Waals surface area contributed by atoms with E-state index in [0.29, 0.717) is 18.6 Å². The lowest BCUT2D eigenvalue weighted by molar-refractivity contribution is 0.0939. The Labute approximate surface area is 129 Å². The van der Waals surface area contributed by atoms with Crippen molar-refractivity contribution in [2.75, 3.05) is 13.1 Å². The molecule has 106 valence electrons. The van der Waals surface area contributed by atoms with E-state index in [1.165, 1.54) is 0 Å². The van der Waals surface area contributed by atoms with Gasteiger partial charge in [0, 0.05) is 34.3 Å². The second-order valence-corrected chi connectivity index (χ2v) is 6.43. The molecule has 0 radical (unpaired) electrons. The number of hydrogen-bond donors (Lipinski definition) is 1. The summed E-state index contributed by atoms with van der Waals surface area (Å²) in [5.41, 5.74) is 0.723. The number of carbonyl (C=O) groups is 1. The van der Waals surface area contributed by atoms with E-state index in [2.05, 4.69) is 60.5 Å². The van der Waals surface area contributed by atoms with Gasteiger partial charge in [-0.3, -0.25) is 9.69 Å². The average molecular weight is 374 g/mol. The minimum atomic E-state index is 0.00358. The summed E-state index contributed by atoms with van der Waals surface area (Å²) < 4.78 is 1.14. The van der Waals surface area contributed by atoms with Crippen LogP contribution in [-0.4, -0.2) is 36.0 Å². The predicted molar refractivity (Wildman–Crippen MR) is 88.5 cm³/mol. The molecular formula is C15H23IN2O. The van der Waals surface area contributed by atoms with Gasteiger partial charge in [-0.05, 0) is 74.6 Å².